The Morgan fingerprint density at radius 2 is 1.62 bits per heavy atom. The number of aromatic nitrogens is 2. The smallest absolute Gasteiger partial charge is 0.408 e. The van der Waals surface area contributed by atoms with Crippen molar-refractivity contribution in [2.75, 3.05) is 0 Å². The molecule has 0 bridgehead atoms. The van der Waals surface area contributed by atoms with E-state index in [1.54, 1.807) is 36.4 Å². The van der Waals surface area contributed by atoms with Gasteiger partial charge >= 0.3 is 5.76 Å². The molecule has 0 unspecified atom stereocenters. The number of carbonyl (C=O) groups is 2. The van der Waals surface area contributed by atoms with E-state index in [0.717, 1.165) is 0 Å². The van der Waals surface area contributed by atoms with Crippen LogP contribution in [0.2, 0.25) is 0 Å². The highest BCUT2D eigenvalue weighted by atomic mass is 16.4. The van der Waals surface area contributed by atoms with Crippen molar-refractivity contribution < 1.29 is 14.0 Å². The summed E-state index contributed by atoms with van der Waals surface area (Å²) in [5.41, 5.74) is 7.01. The molecule has 2 amide bonds. The Kier molecular flexibility index (Phi) is 4.98. The number of rotatable bonds is 5. The van der Waals surface area contributed by atoms with E-state index in [1.165, 1.54) is 4.57 Å². The predicted molar refractivity (Wildman–Crippen MR) is 106 cm³/mol. The lowest BCUT2D eigenvalue weighted by atomic mass is 10.1. The van der Waals surface area contributed by atoms with Gasteiger partial charge in [-0.05, 0) is 36.4 Å². The predicted octanol–water partition coefficient (Wildman–Crippen LogP) is 2.24. The first-order valence-electron chi connectivity index (χ1n) is 9.03. The third kappa shape index (κ3) is 3.81. The largest absolute Gasteiger partial charge is 0.419 e. The monoisotopic (exact) mass is 390 g/mol. The highest BCUT2D eigenvalue weighted by Crippen LogP contribution is 2.14. The zero-order valence-corrected chi connectivity index (χ0v) is 15.4. The van der Waals surface area contributed by atoms with Gasteiger partial charge in [0.25, 0.3) is 5.91 Å². The Balaban J connectivity index is 1.39. The van der Waals surface area contributed by atoms with Crippen molar-refractivity contribution in [3.63, 3.8) is 0 Å². The van der Waals surface area contributed by atoms with Gasteiger partial charge < -0.3 is 8.98 Å². The topological polar surface area (TPSA) is 98.3 Å². The van der Waals surface area contributed by atoms with Crippen LogP contribution in [-0.4, -0.2) is 20.9 Å². The van der Waals surface area contributed by atoms with Crippen molar-refractivity contribution in [3.05, 3.63) is 89.2 Å². The van der Waals surface area contributed by atoms with Crippen molar-refractivity contribution in [2.24, 2.45) is 0 Å². The molecule has 0 aliphatic heterocycles. The Bertz CT molecular complexity index is 1220. The number of hydrogen-bond acceptors (Lipinski definition) is 4. The average Bonchev–Trinajstić information content (AvgIpc) is 3.38. The molecule has 2 N–H and O–H groups in total. The number of aryl methyl sites for hydroxylation is 1. The van der Waals surface area contributed by atoms with E-state index in [2.05, 4.69) is 10.9 Å². The maximum absolute atomic E-state index is 12.5. The minimum Gasteiger partial charge on any atom is -0.408 e. The van der Waals surface area contributed by atoms with Gasteiger partial charge in [-0.25, -0.2) is 4.79 Å². The summed E-state index contributed by atoms with van der Waals surface area (Å²) in [6.07, 6.45) is 3.66. The van der Waals surface area contributed by atoms with Gasteiger partial charge in [0.15, 0.2) is 5.58 Å². The molecule has 0 saturated carbocycles. The number of fused-ring (bicyclic) bond motifs is 1. The van der Waals surface area contributed by atoms with E-state index >= 15 is 0 Å². The molecule has 0 spiro atoms. The lowest BCUT2D eigenvalue weighted by Crippen LogP contribution is -2.42. The fourth-order valence-corrected chi connectivity index (χ4v) is 3.08. The summed E-state index contributed by atoms with van der Waals surface area (Å²) in [6, 6.07) is 17.8. The Hall–Kier alpha value is -4.07. The molecule has 8 heteroatoms. The second kappa shape index (κ2) is 7.89. The molecule has 0 saturated heterocycles. The maximum atomic E-state index is 12.5. The molecule has 0 aliphatic carbocycles. The summed E-state index contributed by atoms with van der Waals surface area (Å²) >= 11 is 0. The van der Waals surface area contributed by atoms with E-state index in [4.69, 9.17) is 4.42 Å². The normalized spacial score (nSPS) is 10.8. The van der Waals surface area contributed by atoms with Crippen LogP contribution < -0.4 is 16.6 Å². The number of hydrazine groups is 1. The Morgan fingerprint density at radius 1 is 0.897 bits per heavy atom. The van der Waals surface area contributed by atoms with Crippen LogP contribution in [-0.2, 0) is 11.3 Å². The maximum Gasteiger partial charge on any atom is 0.419 e. The number of nitrogens with one attached hydrogen (secondary N) is 2. The number of hydrogen-bond donors (Lipinski definition) is 2. The summed E-state index contributed by atoms with van der Waals surface area (Å²) < 4.78 is 8.34. The molecule has 2 aromatic carbocycles. The van der Waals surface area contributed by atoms with E-state index in [-0.39, 0.29) is 13.0 Å². The van der Waals surface area contributed by atoms with Crippen molar-refractivity contribution in [1.29, 1.82) is 0 Å². The van der Waals surface area contributed by atoms with Crippen molar-refractivity contribution in [2.45, 2.75) is 13.0 Å². The molecule has 0 fully saturated rings. The molecule has 29 heavy (non-hydrogen) atoms. The van der Waals surface area contributed by atoms with E-state index in [1.807, 2.05) is 41.2 Å². The summed E-state index contributed by atoms with van der Waals surface area (Å²) in [6.45, 7) is 0.136. The summed E-state index contributed by atoms with van der Waals surface area (Å²) in [5, 5.41) is 0. The molecular weight excluding hydrogens is 372 g/mol. The summed E-state index contributed by atoms with van der Waals surface area (Å²) in [4.78, 5) is 36.6. The first kappa shape index (κ1) is 18.3. The zero-order valence-electron chi connectivity index (χ0n) is 15.4. The number of amides is 2. The lowest BCUT2D eigenvalue weighted by molar-refractivity contribution is -0.122. The number of benzene rings is 2. The van der Waals surface area contributed by atoms with Crippen LogP contribution in [0.25, 0.3) is 16.8 Å². The third-order valence-electron chi connectivity index (χ3n) is 4.48. The summed E-state index contributed by atoms with van der Waals surface area (Å²) in [5.74, 6) is -1.38. The van der Waals surface area contributed by atoms with Gasteiger partial charge in [0.05, 0.1) is 16.8 Å². The van der Waals surface area contributed by atoms with Crippen LogP contribution in [0.5, 0.6) is 0 Å². The van der Waals surface area contributed by atoms with E-state index in [0.29, 0.717) is 22.4 Å². The van der Waals surface area contributed by atoms with Crippen LogP contribution >= 0.6 is 0 Å². The molecule has 2 aromatic heterocycles. The van der Waals surface area contributed by atoms with Gasteiger partial charge in [0.2, 0.25) is 5.91 Å². The zero-order chi connectivity index (χ0) is 20.2. The molecule has 146 valence electrons. The number of nitrogens with zero attached hydrogens (tertiary/aromatic N) is 2. The fraction of sp³-hybridized carbons (Fsp3) is 0.0952. The molecule has 0 aliphatic rings. The average molecular weight is 390 g/mol. The quantitative estimate of drug-likeness (QED) is 0.511. The molecule has 2 heterocycles. The third-order valence-corrected chi connectivity index (χ3v) is 4.48. The van der Waals surface area contributed by atoms with Crippen LogP contribution in [0.15, 0.2) is 82.3 Å². The standard InChI is InChI=1S/C21H18N4O4/c26-19(11-14-25-17-9-3-4-10-18(17)29-21(25)28)22-23-20(27)15-7-1-2-8-16(15)24-12-5-6-13-24/h1-10,12-13H,11,14H2,(H,22,26)(H,23,27). The second-order valence-corrected chi connectivity index (χ2v) is 6.35. The molecule has 0 atom stereocenters. The van der Waals surface area contributed by atoms with Gasteiger partial charge in [0, 0.05) is 25.4 Å². The number of oxazole rings is 1. The SMILES string of the molecule is O=C(CCn1c(=O)oc2ccccc21)NNC(=O)c1ccccc1-n1cccc1. The van der Waals surface area contributed by atoms with Crippen LogP contribution in [0.4, 0.5) is 0 Å². The highest BCUT2D eigenvalue weighted by molar-refractivity contribution is 5.98. The summed E-state index contributed by atoms with van der Waals surface area (Å²) in [7, 11) is 0. The molecule has 4 rings (SSSR count). The molecule has 8 nitrogen and oxygen atoms in total. The van der Waals surface area contributed by atoms with Gasteiger partial charge in [-0.3, -0.25) is 25.0 Å². The van der Waals surface area contributed by atoms with Crippen LogP contribution in [0.3, 0.4) is 0 Å². The number of para-hydroxylation sites is 3. The molecule has 4 aromatic rings. The lowest BCUT2D eigenvalue weighted by Gasteiger charge is -2.12. The van der Waals surface area contributed by atoms with E-state index in [9.17, 15) is 14.4 Å². The Morgan fingerprint density at radius 3 is 2.45 bits per heavy atom. The van der Waals surface area contributed by atoms with Gasteiger partial charge in [0.1, 0.15) is 0 Å². The van der Waals surface area contributed by atoms with Crippen molar-refractivity contribution in [1.82, 2.24) is 20.0 Å². The van der Waals surface area contributed by atoms with E-state index < -0.39 is 17.6 Å². The highest BCUT2D eigenvalue weighted by Gasteiger charge is 2.14. The van der Waals surface area contributed by atoms with Gasteiger partial charge in [-0.2, -0.15) is 0 Å². The Labute approximate surface area is 165 Å². The first-order valence-corrected chi connectivity index (χ1v) is 9.03. The minimum atomic E-state index is -0.524. The second-order valence-electron chi connectivity index (χ2n) is 6.35. The van der Waals surface area contributed by atoms with Gasteiger partial charge in [-0.1, -0.05) is 24.3 Å². The van der Waals surface area contributed by atoms with Crippen LogP contribution in [0.1, 0.15) is 16.8 Å². The first-order chi connectivity index (χ1) is 14.1. The van der Waals surface area contributed by atoms with Gasteiger partial charge in [-0.15, -0.1) is 0 Å². The number of carbonyl (C=O) groups excluding carboxylic acids is 2. The van der Waals surface area contributed by atoms with Crippen molar-refractivity contribution >= 4 is 22.9 Å². The molecule has 0 radical (unpaired) electrons. The van der Waals surface area contributed by atoms with Crippen molar-refractivity contribution in [3.8, 4) is 5.69 Å². The fourth-order valence-electron chi connectivity index (χ4n) is 3.08. The molecular formula is C21H18N4O4. The van der Waals surface area contributed by atoms with Crippen LogP contribution in [0, 0.1) is 0 Å². The minimum absolute atomic E-state index is 0.00294.